The zero-order valence-electron chi connectivity index (χ0n) is 38.3. The van der Waals surface area contributed by atoms with E-state index in [1.165, 1.54) is 103 Å². The fourth-order valence-corrected chi connectivity index (χ4v) is 7.29. The molecule has 0 saturated heterocycles. The number of rotatable bonds is 42. The van der Waals surface area contributed by atoms with Gasteiger partial charge in [-0.05, 0) is 51.4 Å². The highest BCUT2D eigenvalue weighted by atomic mass is 31.2. The molecule has 0 aliphatic carbocycles. The average molecular weight is 836 g/mol. The first-order valence-corrected chi connectivity index (χ1v) is 25.1. The van der Waals surface area contributed by atoms with Crippen molar-refractivity contribution in [3.05, 3.63) is 60.8 Å². The molecule has 1 amide bonds. The van der Waals surface area contributed by atoms with Crippen LogP contribution in [0.3, 0.4) is 0 Å². The van der Waals surface area contributed by atoms with Crippen molar-refractivity contribution >= 4 is 13.7 Å². The molecule has 0 aromatic heterocycles. The van der Waals surface area contributed by atoms with Crippen LogP contribution >= 0.6 is 7.82 Å². The molecule has 58 heavy (non-hydrogen) atoms. The number of nitrogens with one attached hydrogen (secondary N) is 1. The highest BCUT2D eigenvalue weighted by Crippen LogP contribution is 2.43. The molecule has 0 spiro atoms. The van der Waals surface area contributed by atoms with E-state index in [0.29, 0.717) is 30.3 Å². The van der Waals surface area contributed by atoms with Crippen molar-refractivity contribution in [3.63, 3.8) is 0 Å². The Bertz CT molecular complexity index is 1130. The summed E-state index contributed by atoms with van der Waals surface area (Å²) in [6.45, 7) is 4.73. The number of allylic oxidation sites excluding steroid dienone is 10. The number of aliphatic hydroxyl groups excluding tert-OH is 1. The Hall–Kier alpha value is -1.80. The average Bonchev–Trinajstić information content (AvgIpc) is 3.17. The van der Waals surface area contributed by atoms with Crippen LogP contribution in [0.1, 0.15) is 194 Å². The monoisotopic (exact) mass is 836 g/mol. The van der Waals surface area contributed by atoms with Gasteiger partial charge >= 0.3 is 7.82 Å². The summed E-state index contributed by atoms with van der Waals surface area (Å²) in [6.07, 6.45) is 52.6. The SMILES string of the molecule is CC/C=C\C/C=C\C/C=C\C/C=C\C/C=C\CCCC(=O)NC(COP(=O)(O)OCC[N+](C)(C)C)C(O)CCCCCCCCCCCCCCCCCCCCC. The van der Waals surface area contributed by atoms with Gasteiger partial charge in [0.25, 0.3) is 0 Å². The topological polar surface area (TPSA) is 105 Å². The predicted molar refractivity (Wildman–Crippen MR) is 249 cm³/mol. The van der Waals surface area contributed by atoms with Gasteiger partial charge in [0.15, 0.2) is 0 Å². The first-order chi connectivity index (χ1) is 28.0. The molecule has 0 radical (unpaired) electrons. The molecule has 0 aliphatic heterocycles. The van der Waals surface area contributed by atoms with Crippen LogP contribution in [0.2, 0.25) is 0 Å². The Kier molecular flexibility index (Phi) is 39.3. The van der Waals surface area contributed by atoms with Crippen LogP contribution in [0.5, 0.6) is 0 Å². The molecule has 0 bridgehead atoms. The number of phosphoric ester groups is 1. The third-order valence-electron chi connectivity index (χ3n) is 10.3. The third-order valence-corrected chi connectivity index (χ3v) is 11.3. The number of hydrogen-bond donors (Lipinski definition) is 3. The molecule has 0 fully saturated rings. The first-order valence-electron chi connectivity index (χ1n) is 23.7. The maximum Gasteiger partial charge on any atom is 0.472 e. The largest absolute Gasteiger partial charge is 0.472 e. The van der Waals surface area contributed by atoms with Crippen molar-refractivity contribution < 1.29 is 32.9 Å². The van der Waals surface area contributed by atoms with Gasteiger partial charge in [-0.2, -0.15) is 0 Å². The summed E-state index contributed by atoms with van der Waals surface area (Å²) in [6, 6.07) is -0.792. The molecular weight excluding hydrogens is 744 g/mol. The molecule has 3 N–H and O–H groups in total. The lowest BCUT2D eigenvalue weighted by Crippen LogP contribution is -2.46. The summed E-state index contributed by atoms with van der Waals surface area (Å²) in [7, 11) is 1.57. The minimum Gasteiger partial charge on any atom is -0.391 e. The lowest BCUT2D eigenvalue weighted by atomic mass is 10.0. The lowest BCUT2D eigenvalue weighted by Gasteiger charge is -2.26. The summed E-state index contributed by atoms with van der Waals surface area (Å²) in [5, 5.41) is 13.9. The number of carbonyl (C=O) groups is 1. The predicted octanol–water partition coefficient (Wildman–Crippen LogP) is 13.4. The molecule has 0 rings (SSSR count). The van der Waals surface area contributed by atoms with Crippen molar-refractivity contribution in [3.8, 4) is 0 Å². The molecule has 0 aromatic rings. The van der Waals surface area contributed by atoms with E-state index >= 15 is 0 Å². The van der Waals surface area contributed by atoms with Gasteiger partial charge in [0.1, 0.15) is 13.2 Å². The third kappa shape index (κ3) is 42.3. The van der Waals surface area contributed by atoms with E-state index in [1.807, 2.05) is 21.1 Å². The van der Waals surface area contributed by atoms with Crippen molar-refractivity contribution in [1.29, 1.82) is 0 Å². The highest BCUT2D eigenvalue weighted by Gasteiger charge is 2.28. The number of quaternary nitrogens is 1. The Morgan fingerprint density at radius 1 is 0.603 bits per heavy atom. The van der Waals surface area contributed by atoms with E-state index in [9.17, 15) is 19.4 Å². The number of carbonyl (C=O) groups excluding carboxylic acids is 1. The molecule has 9 heteroatoms. The number of nitrogens with zero attached hydrogens (tertiary/aromatic N) is 1. The zero-order valence-corrected chi connectivity index (χ0v) is 39.2. The van der Waals surface area contributed by atoms with Gasteiger partial charge in [0.05, 0.1) is 39.9 Å². The van der Waals surface area contributed by atoms with Crippen LogP contribution in [-0.2, 0) is 18.4 Å². The van der Waals surface area contributed by atoms with Crippen molar-refractivity contribution in [1.82, 2.24) is 5.32 Å². The van der Waals surface area contributed by atoms with Crippen LogP contribution in [0.25, 0.3) is 0 Å². The standard InChI is InChI=1S/C49H91N2O6P/c1-6-8-10-12-14-16-18-20-22-24-25-27-28-30-32-34-36-38-40-42-48(52)47(46-57-58(54,55)56-45-44-51(3,4)5)50-49(53)43-41-39-37-35-33-31-29-26-23-21-19-17-15-13-11-9-7-2/h9,11,15,17,21,23,29,31,35,37,47-48,52H,6-8,10,12-14,16,18-20,22,24-28,30,32-34,36,38-46H2,1-5H3,(H-,50,53,54,55)/p+1/b11-9-,17-15-,23-21-,31-29-,37-35-. The number of phosphoric acid groups is 1. The number of amides is 1. The van der Waals surface area contributed by atoms with E-state index in [1.54, 1.807) is 0 Å². The van der Waals surface area contributed by atoms with Crippen LogP contribution < -0.4 is 5.32 Å². The second-order valence-corrected chi connectivity index (χ2v) is 18.6. The number of unbranched alkanes of at least 4 members (excludes halogenated alkanes) is 19. The van der Waals surface area contributed by atoms with E-state index in [-0.39, 0.29) is 19.1 Å². The minimum absolute atomic E-state index is 0.0615. The van der Waals surface area contributed by atoms with E-state index in [4.69, 9.17) is 9.05 Å². The Morgan fingerprint density at radius 2 is 1.02 bits per heavy atom. The van der Waals surface area contributed by atoms with E-state index in [0.717, 1.165) is 57.8 Å². The fraction of sp³-hybridized carbons (Fsp3) is 0.776. The fourth-order valence-electron chi connectivity index (χ4n) is 6.55. The number of aliphatic hydroxyl groups is 1. The molecule has 0 aliphatic rings. The molecule has 0 aromatic carbocycles. The second kappa shape index (κ2) is 40.6. The van der Waals surface area contributed by atoms with Gasteiger partial charge in [0, 0.05) is 6.42 Å². The minimum atomic E-state index is -4.33. The smallest absolute Gasteiger partial charge is 0.391 e. The van der Waals surface area contributed by atoms with Crippen molar-refractivity contribution in [2.24, 2.45) is 0 Å². The maximum absolute atomic E-state index is 12.9. The normalized spacial score (nSPS) is 14.8. The summed E-state index contributed by atoms with van der Waals surface area (Å²) in [4.78, 5) is 23.2. The molecule has 0 saturated carbocycles. The zero-order chi connectivity index (χ0) is 42.8. The van der Waals surface area contributed by atoms with Crippen molar-refractivity contribution in [2.45, 2.75) is 206 Å². The number of likely N-dealkylation sites (N-methyl/N-ethyl adjacent to an activating group) is 1. The van der Waals surface area contributed by atoms with Gasteiger partial charge in [-0.25, -0.2) is 4.57 Å². The van der Waals surface area contributed by atoms with Crippen LogP contribution in [0.15, 0.2) is 60.8 Å². The molecule has 3 unspecified atom stereocenters. The molecule has 8 nitrogen and oxygen atoms in total. The van der Waals surface area contributed by atoms with Gasteiger partial charge in [-0.1, -0.05) is 197 Å². The Labute approximate surface area is 358 Å². The maximum atomic E-state index is 12.9. The summed E-state index contributed by atoms with van der Waals surface area (Å²) in [5.41, 5.74) is 0. The van der Waals surface area contributed by atoms with Crippen LogP contribution in [0.4, 0.5) is 0 Å². The van der Waals surface area contributed by atoms with E-state index < -0.39 is 20.0 Å². The van der Waals surface area contributed by atoms with Gasteiger partial charge in [-0.15, -0.1) is 0 Å². The second-order valence-electron chi connectivity index (χ2n) is 17.1. The Morgan fingerprint density at radius 3 is 1.45 bits per heavy atom. The Balaban J connectivity index is 4.42. The molecule has 0 heterocycles. The quantitative estimate of drug-likeness (QED) is 0.0245. The summed E-state index contributed by atoms with van der Waals surface area (Å²) in [5.74, 6) is -0.202. The van der Waals surface area contributed by atoms with Gasteiger partial charge in [0.2, 0.25) is 5.91 Å². The molecular formula is C49H92N2O6P+. The molecule has 3 atom stereocenters. The van der Waals surface area contributed by atoms with Crippen molar-refractivity contribution in [2.75, 3.05) is 40.9 Å². The lowest BCUT2D eigenvalue weighted by molar-refractivity contribution is -0.870. The van der Waals surface area contributed by atoms with Crippen LogP contribution in [0, 0.1) is 0 Å². The van der Waals surface area contributed by atoms with Gasteiger partial charge < -0.3 is 19.8 Å². The first kappa shape index (κ1) is 56.2. The van der Waals surface area contributed by atoms with Crippen LogP contribution in [-0.4, -0.2) is 73.4 Å². The highest BCUT2D eigenvalue weighted by molar-refractivity contribution is 7.47. The molecule has 338 valence electrons. The summed E-state index contributed by atoms with van der Waals surface area (Å²) < 4.78 is 23.6. The summed E-state index contributed by atoms with van der Waals surface area (Å²) >= 11 is 0. The van der Waals surface area contributed by atoms with Gasteiger partial charge in [-0.3, -0.25) is 13.8 Å². The van der Waals surface area contributed by atoms with E-state index in [2.05, 4.69) is 79.9 Å². The number of hydrogen-bond acceptors (Lipinski definition) is 5.